The highest BCUT2D eigenvalue weighted by Crippen LogP contribution is 2.28. The smallest absolute Gasteiger partial charge is 0.159 e. The number of aliphatic hydroxyl groups is 1. The zero-order valence-electron chi connectivity index (χ0n) is 8.64. The predicted molar refractivity (Wildman–Crippen MR) is 51.6 cm³/mol. The Kier molecular flexibility index (Phi) is 2.28. The van der Waals surface area contributed by atoms with Crippen LogP contribution in [0.15, 0.2) is 6.33 Å². The van der Waals surface area contributed by atoms with E-state index in [4.69, 9.17) is 0 Å². The average molecular weight is 196 g/mol. The summed E-state index contributed by atoms with van der Waals surface area (Å²) in [5.74, 6) is 0.670. The number of hydrogen-bond donors (Lipinski definition) is 1. The third-order valence-corrected chi connectivity index (χ3v) is 2.79. The summed E-state index contributed by atoms with van der Waals surface area (Å²) in [5.41, 5.74) is -0.821. The summed E-state index contributed by atoms with van der Waals surface area (Å²) in [4.78, 5) is 6.24. The van der Waals surface area contributed by atoms with Gasteiger partial charge in [0.1, 0.15) is 11.9 Å². The fourth-order valence-electron chi connectivity index (χ4n) is 2.15. The minimum atomic E-state index is -0.821. The lowest BCUT2D eigenvalue weighted by molar-refractivity contribution is -0.0374. The first-order valence-corrected chi connectivity index (χ1v) is 4.87. The van der Waals surface area contributed by atoms with Crippen LogP contribution in [0.3, 0.4) is 0 Å². The Hall–Kier alpha value is -0.940. The Labute approximate surface area is 83.4 Å². The van der Waals surface area contributed by atoms with Gasteiger partial charge in [0.05, 0.1) is 0 Å². The quantitative estimate of drug-likeness (QED) is 0.671. The third-order valence-electron chi connectivity index (χ3n) is 2.79. The van der Waals surface area contributed by atoms with E-state index in [1.807, 2.05) is 14.1 Å². The lowest BCUT2D eigenvalue weighted by Crippen LogP contribution is -2.45. The van der Waals surface area contributed by atoms with Gasteiger partial charge < -0.3 is 10.0 Å². The molecule has 1 aromatic rings. The largest absolute Gasteiger partial charge is 0.381 e. The van der Waals surface area contributed by atoms with Crippen molar-refractivity contribution >= 4 is 0 Å². The number of hydrogen-bond acceptors (Lipinski definition) is 4. The lowest BCUT2D eigenvalue weighted by Gasteiger charge is -2.36. The fourth-order valence-corrected chi connectivity index (χ4v) is 2.15. The second kappa shape index (κ2) is 3.33. The van der Waals surface area contributed by atoms with Gasteiger partial charge in [-0.3, -0.25) is 4.68 Å². The maximum atomic E-state index is 10.4. The second-order valence-corrected chi connectivity index (χ2v) is 4.08. The summed E-state index contributed by atoms with van der Waals surface area (Å²) in [6.07, 6.45) is 3.26. The molecule has 0 spiro atoms. The van der Waals surface area contributed by atoms with E-state index in [1.54, 1.807) is 4.68 Å². The molecule has 1 aromatic heterocycles. The first-order valence-electron chi connectivity index (χ1n) is 4.87. The van der Waals surface area contributed by atoms with Crippen LogP contribution in [0.4, 0.5) is 0 Å². The van der Waals surface area contributed by atoms with Gasteiger partial charge in [-0.25, -0.2) is 4.98 Å². The van der Waals surface area contributed by atoms with Crippen molar-refractivity contribution in [3.63, 3.8) is 0 Å². The van der Waals surface area contributed by atoms with Gasteiger partial charge in [-0.05, 0) is 26.4 Å². The van der Waals surface area contributed by atoms with E-state index in [1.165, 1.54) is 6.33 Å². The molecule has 14 heavy (non-hydrogen) atoms. The minimum Gasteiger partial charge on any atom is -0.381 e. The molecule has 1 N–H and O–H groups in total. The van der Waals surface area contributed by atoms with Crippen molar-refractivity contribution in [3.05, 3.63) is 12.2 Å². The lowest BCUT2D eigenvalue weighted by atomic mass is 9.92. The summed E-state index contributed by atoms with van der Waals surface area (Å²) in [5, 5.41) is 14.4. The summed E-state index contributed by atoms with van der Waals surface area (Å²) in [6, 6.07) is 0. The topological polar surface area (TPSA) is 54.2 Å². The van der Waals surface area contributed by atoms with Crippen molar-refractivity contribution < 1.29 is 5.11 Å². The minimum absolute atomic E-state index is 0.638. The van der Waals surface area contributed by atoms with E-state index >= 15 is 0 Å². The molecule has 1 saturated heterocycles. The normalized spacial score (nSPS) is 29.4. The number of nitrogens with zero attached hydrogens (tertiary/aromatic N) is 4. The van der Waals surface area contributed by atoms with Gasteiger partial charge in [-0.1, -0.05) is 0 Å². The maximum absolute atomic E-state index is 10.4. The van der Waals surface area contributed by atoms with Gasteiger partial charge in [0.25, 0.3) is 0 Å². The molecule has 0 aromatic carbocycles. The molecule has 2 heterocycles. The molecular weight excluding hydrogens is 180 g/mol. The SMILES string of the molecule is CN1CCCC(O)(c2ncnn2C)C1. The van der Waals surface area contributed by atoms with Crippen LogP contribution in [0.1, 0.15) is 18.7 Å². The highest BCUT2D eigenvalue weighted by molar-refractivity contribution is 5.04. The van der Waals surface area contributed by atoms with Gasteiger partial charge >= 0.3 is 0 Å². The van der Waals surface area contributed by atoms with Crippen molar-refractivity contribution in [2.24, 2.45) is 7.05 Å². The van der Waals surface area contributed by atoms with Crippen molar-refractivity contribution in [1.29, 1.82) is 0 Å². The highest BCUT2D eigenvalue weighted by atomic mass is 16.3. The van der Waals surface area contributed by atoms with Crippen molar-refractivity contribution in [3.8, 4) is 0 Å². The molecule has 1 aliphatic heterocycles. The summed E-state index contributed by atoms with van der Waals surface area (Å²) >= 11 is 0. The summed E-state index contributed by atoms with van der Waals surface area (Å²) in [7, 11) is 3.83. The number of piperidine rings is 1. The van der Waals surface area contributed by atoms with Crippen LogP contribution < -0.4 is 0 Å². The number of aromatic nitrogens is 3. The van der Waals surface area contributed by atoms with Gasteiger partial charge in [0.15, 0.2) is 5.82 Å². The predicted octanol–water partition coefficient (Wildman–Crippen LogP) is -0.272. The maximum Gasteiger partial charge on any atom is 0.159 e. The Morgan fingerprint density at radius 1 is 1.50 bits per heavy atom. The standard InChI is InChI=1S/C9H16N4O/c1-12-5-3-4-9(14,6-12)8-10-7-11-13(8)2/h7,14H,3-6H2,1-2H3. The molecule has 0 radical (unpaired) electrons. The average Bonchev–Trinajstić information content (AvgIpc) is 2.51. The number of likely N-dealkylation sites (tertiary alicyclic amines) is 1. The Morgan fingerprint density at radius 2 is 2.29 bits per heavy atom. The number of aryl methyl sites for hydroxylation is 1. The van der Waals surface area contributed by atoms with Crippen molar-refractivity contribution in [2.75, 3.05) is 20.1 Å². The van der Waals surface area contributed by atoms with Crippen LogP contribution in [0.2, 0.25) is 0 Å². The first kappa shape index (κ1) is 9.61. The molecule has 0 aliphatic carbocycles. The van der Waals surface area contributed by atoms with Crippen LogP contribution in [0.25, 0.3) is 0 Å². The van der Waals surface area contributed by atoms with E-state index in [2.05, 4.69) is 15.0 Å². The molecule has 5 nitrogen and oxygen atoms in total. The molecule has 1 fully saturated rings. The summed E-state index contributed by atoms with van der Waals surface area (Å²) in [6.45, 7) is 1.68. The molecule has 2 rings (SSSR count). The van der Waals surface area contributed by atoms with E-state index in [9.17, 15) is 5.11 Å². The van der Waals surface area contributed by atoms with Gasteiger partial charge in [0.2, 0.25) is 0 Å². The highest BCUT2D eigenvalue weighted by Gasteiger charge is 2.37. The molecule has 5 heteroatoms. The number of rotatable bonds is 1. The van der Waals surface area contributed by atoms with Crippen LogP contribution in [-0.4, -0.2) is 44.9 Å². The Bertz CT molecular complexity index is 324. The van der Waals surface area contributed by atoms with E-state index in [-0.39, 0.29) is 0 Å². The van der Waals surface area contributed by atoms with Crippen LogP contribution in [0.5, 0.6) is 0 Å². The zero-order valence-corrected chi connectivity index (χ0v) is 8.64. The van der Waals surface area contributed by atoms with E-state index < -0.39 is 5.60 Å². The molecular formula is C9H16N4O. The van der Waals surface area contributed by atoms with Crippen molar-refractivity contribution in [2.45, 2.75) is 18.4 Å². The number of β-amino-alcohol motifs (C(OH)–C–C–N with tert-alkyl or cyclic N) is 1. The molecule has 1 unspecified atom stereocenters. The third kappa shape index (κ3) is 1.53. The van der Waals surface area contributed by atoms with Crippen molar-refractivity contribution in [1.82, 2.24) is 19.7 Å². The Morgan fingerprint density at radius 3 is 2.86 bits per heavy atom. The fraction of sp³-hybridized carbons (Fsp3) is 0.778. The molecule has 1 atom stereocenters. The molecule has 0 amide bonds. The van der Waals surface area contributed by atoms with Gasteiger partial charge in [0, 0.05) is 13.6 Å². The van der Waals surface area contributed by atoms with Crippen LogP contribution >= 0.6 is 0 Å². The van der Waals surface area contributed by atoms with Crippen LogP contribution in [0, 0.1) is 0 Å². The number of likely N-dealkylation sites (N-methyl/N-ethyl adjacent to an activating group) is 1. The Balaban J connectivity index is 2.27. The summed E-state index contributed by atoms with van der Waals surface area (Å²) < 4.78 is 1.65. The first-order chi connectivity index (χ1) is 6.62. The van der Waals surface area contributed by atoms with E-state index in [0.29, 0.717) is 12.4 Å². The zero-order chi connectivity index (χ0) is 10.2. The van der Waals surface area contributed by atoms with E-state index in [0.717, 1.165) is 19.4 Å². The molecule has 1 aliphatic rings. The van der Waals surface area contributed by atoms with Gasteiger partial charge in [-0.15, -0.1) is 0 Å². The molecule has 0 saturated carbocycles. The van der Waals surface area contributed by atoms with Crippen LogP contribution in [-0.2, 0) is 12.6 Å². The monoisotopic (exact) mass is 196 g/mol. The van der Waals surface area contributed by atoms with Gasteiger partial charge in [-0.2, -0.15) is 5.10 Å². The molecule has 78 valence electrons. The second-order valence-electron chi connectivity index (χ2n) is 4.08. The molecule has 0 bridgehead atoms.